The van der Waals surface area contributed by atoms with Gasteiger partial charge in [0, 0.05) is 0 Å². The maximum absolute atomic E-state index is 5.00. The average Bonchev–Trinajstić information content (AvgIpc) is 1.99. The first-order valence-corrected chi connectivity index (χ1v) is 3.62. The van der Waals surface area contributed by atoms with E-state index in [1.54, 1.807) is 7.11 Å². The van der Waals surface area contributed by atoms with Gasteiger partial charge in [0.25, 0.3) is 0 Å². The van der Waals surface area contributed by atoms with Crippen LogP contribution in [0.5, 0.6) is 0 Å². The van der Waals surface area contributed by atoms with Gasteiger partial charge < -0.3 is 4.74 Å². The normalized spacial score (nSPS) is 13.6. The van der Waals surface area contributed by atoms with Gasteiger partial charge in [0.15, 0.2) is 0 Å². The highest BCUT2D eigenvalue weighted by atomic mass is 16.5. The molecule has 58 valence electrons. The molecule has 1 heteroatoms. The van der Waals surface area contributed by atoms with Crippen LogP contribution >= 0.6 is 0 Å². The second kappa shape index (κ2) is 5.10. The van der Waals surface area contributed by atoms with E-state index in [0.717, 1.165) is 12.2 Å². The van der Waals surface area contributed by atoms with Gasteiger partial charge in [0.1, 0.15) is 0 Å². The largest absolute Gasteiger partial charge is 0.501 e. The summed E-state index contributed by atoms with van der Waals surface area (Å²) < 4.78 is 5.00. The third-order valence-corrected chi connectivity index (χ3v) is 1.49. The van der Waals surface area contributed by atoms with Crippen molar-refractivity contribution in [2.45, 2.75) is 27.2 Å². The molecule has 0 aromatic heterocycles. The molecule has 1 nitrogen and oxygen atoms in total. The second-order valence-electron chi connectivity index (χ2n) is 2.18. The molecule has 0 saturated heterocycles. The number of rotatable bonds is 3. The van der Waals surface area contributed by atoms with E-state index in [0.29, 0.717) is 0 Å². The predicted molar refractivity (Wildman–Crippen MR) is 44.8 cm³/mol. The van der Waals surface area contributed by atoms with Crippen LogP contribution in [0.3, 0.4) is 0 Å². The van der Waals surface area contributed by atoms with Crippen molar-refractivity contribution in [1.29, 1.82) is 0 Å². The molecule has 0 saturated carbocycles. The molecule has 10 heavy (non-hydrogen) atoms. The van der Waals surface area contributed by atoms with Gasteiger partial charge in [0.2, 0.25) is 0 Å². The summed E-state index contributed by atoms with van der Waals surface area (Å²) >= 11 is 0. The van der Waals surface area contributed by atoms with E-state index in [4.69, 9.17) is 4.74 Å². The van der Waals surface area contributed by atoms with Crippen LogP contribution in [0.25, 0.3) is 0 Å². The van der Waals surface area contributed by atoms with Gasteiger partial charge in [-0.25, -0.2) is 0 Å². The summed E-state index contributed by atoms with van der Waals surface area (Å²) in [5, 5.41) is 0. The van der Waals surface area contributed by atoms with Crippen molar-refractivity contribution >= 4 is 0 Å². The van der Waals surface area contributed by atoms with Gasteiger partial charge in [-0.2, -0.15) is 0 Å². The fraction of sp³-hybridized carbons (Fsp3) is 0.556. The highest BCUT2D eigenvalue weighted by molar-refractivity contribution is 5.18. The molecule has 0 aromatic carbocycles. The molecule has 0 spiro atoms. The Morgan fingerprint density at radius 1 is 1.50 bits per heavy atom. The van der Waals surface area contributed by atoms with Gasteiger partial charge in [-0.3, -0.25) is 0 Å². The molecule has 0 amide bonds. The van der Waals surface area contributed by atoms with Crippen LogP contribution in [0.2, 0.25) is 0 Å². The number of ether oxygens (including phenoxy) is 1. The lowest BCUT2D eigenvalue weighted by atomic mass is 10.2. The minimum atomic E-state index is 0.968. The van der Waals surface area contributed by atoms with E-state index in [9.17, 15) is 0 Å². The van der Waals surface area contributed by atoms with Crippen molar-refractivity contribution in [3.05, 3.63) is 23.5 Å². The van der Waals surface area contributed by atoms with Crippen molar-refractivity contribution in [1.82, 2.24) is 0 Å². The zero-order chi connectivity index (χ0) is 7.98. The fourth-order valence-electron chi connectivity index (χ4n) is 0.710. The lowest BCUT2D eigenvalue weighted by Crippen LogP contribution is -1.81. The molecule has 0 aliphatic heterocycles. The van der Waals surface area contributed by atoms with Gasteiger partial charge in [-0.1, -0.05) is 13.0 Å². The first-order valence-electron chi connectivity index (χ1n) is 3.62. The van der Waals surface area contributed by atoms with E-state index in [1.165, 1.54) is 5.57 Å². The molecule has 0 aromatic rings. The van der Waals surface area contributed by atoms with Crippen molar-refractivity contribution in [2.75, 3.05) is 7.11 Å². The van der Waals surface area contributed by atoms with E-state index in [1.807, 2.05) is 13.8 Å². The van der Waals surface area contributed by atoms with Crippen LogP contribution in [0.4, 0.5) is 0 Å². The highest BCUT2D eigenvalue weighted by Gasteiger charge is 1.88. The van der Waals surface area contributed by atoms with Crippen LogP contribution in [0, 0.1) is 0 Å². The van der Waals surface area contributed by atoms with Gasteiger partial charge in [-0.05, 0) is 31.9 Å². The molecule has 0 atom stereocenters. The van der Waals surface area contributed by atoms with Crippen molar-refractivity contribution in [3.8, 4) is 0 Å². The first-order chi connectivity index (χ1) is 4.74. The van der Waals surface area contributed by atoms with Crippen LogP contribution in [-0.2, 0) is 4.74 Å². The Hall–Kier alpha value is -0.720. The summed E-state index contributed by atoms with van der Waals surface area (Å²) in [6, 6.07) is 0. The number of allylic oxidation sites excluding steroid dienone is 4. The smallest absolute Gasteiger partial charge is 0.0927 e. The highest BCUT2D eigenvalue weighted by Crippen LogP contribution is 2.05. The topological polar surface area (TPSA) is 9.23 Å². The Bertz CT molecular complexity index is 143. The van der Waals surface area contributed by atoms with Crippen LogP contribution in [0.15, 0.2) is 23.5 Å². The number of hydrogen-bond acceptors (Lipinski definition) is 1. The van der Waals surface area contributed by atoms with E-state index >= 15 is 0 Å². The molecular formula is C9H16O. The summed E-state index contributed by atoms with van der Waals surface area (Å²) in [4.78, 5) is 0. The van der Waals surface area contributed by atoms with Gasteiger partial charge in [0.05, 0.1) is 12.9 Å². The Morgan fingerprint density at radius 2 is 2.10 bits per heavy atom. The molecule has 0 heterocycles. The van der Waals surface area contributed by atoms with E-state index < -0.39 is 0 Å². The summed E-state index contributed by atoms with van der Waals surface area (Å²) in [5.74, 6) is 0.968. The van der Waals surface area contributed by atoms with Gasteiger partial charge in [-0.15, -0.1) is 0 Å². The Balaban J connectivity index is 4.08. The maximum atomic E-state index is 5.00. The monoisotopic (exact) mass is 140 g/mol. The maximum Gasteiger partial charge on any atom is 0.0927 e. The number of hydrogen-bond donors (Lipinski definition) is 0. The molecule has 0 bridgehead atoms. The van der Waals surface area contributed by atoms with Crippen LogP contribution in [0.1, 0.15) is 27.2 Å². The lowest BCUT2D eigenvalue weighted by Gasteiger charge is -1.99. The van der Waals surface area contributed by atoms with Crippen molar-refractivity contribution in [2.24, 2.45) is 0 Å². The molecular weight excluding hydrogens is 124 g/mol. The van der Waals surface area contributed by atoms with Crippen LogP contribution < -0.4 is 0 Å². The zero-order valence-electron chi connectivity index (χ0n) is 7.27. The molecule has 0 radical (unpaired) electrons. The molecule has 0 rings (SSSR count). The predicted octanol–water partition coefficient (Wildman–Crippen LogP) is 2.89. The molecule has 0 unspecified atom stereocenters. The second-order valence-corrected chi connectivity index (χ2v) is 2.18. The van der Waals surface area contributed by atoms with E-state index in [2.05, 4.69) is 19.1 Å². The summed E-state index contributed by atoms with van der Waals surface area (Å²) in [6.45, 7) is 6.13. The molecule has 0 N–H and O–H groups in total. The Labute approximate surface area is 63.4 Å². The molecule has 0 fully saturated rings. The fourth-order valence-corrected chi connectivity index (χ4v) is 0.710. The van der Waals surface area contributed by atoms with E-state index in [-0.39, 0.29) is 0 Å². The van der Waals surface area contributed by atoms with Crippen molar-refractivity contribution in [3.63, 3.8) is 0 Å². The molecule has 0 aliphatic carbocycles. The third-order valence-electron chi connectivity index (χ3n) is 1.49. The zero-order valence-corrected chi connectivity index (χ0v) is 7.27. The Morgan fingerprint density at radius 3 is 2.40 bits per heavy atom. The minimum Gasteiger partial charge on any atom is -0.501 e. The molecule has 0 aliphatic rings. The Kier molecular flexibility index (Phi) is 4.73. The summed E-state index contributed by atoms with van der Waals surface area (Å²) in [5.41, 5.74) is 1.32. The lowest BCUT2D eigenvalue weighted by molar-refractivity contribution is 0.293. The average molecular weight is 140 g/mol. The quantitative estimate of drug-likeness (QED) is 0.432. The first kappa shape index (κ1) is 9.28. The standard InChI is InChI=1S/C9H16O/c1-5-9(6-2)7-8(3)10-4/h5,7H,6H2,1-4H3. The van der Waals surface area contributed by atoms with Crippen molar-refractivity contribution < 1.29 is 4.74 Å². The number of methoxy groups -OCH3 is 1. The summed E-state index contributed by atoms with van der Waals surface area (Å²) in [6.07, 6.45) is 5.22. The summed E-state index contributed by atoms with van der Waals surface area (Å²) in [7, 11) is 1.69. The third kappa shape index (κ3) is 3.33. The SMILES string of the molecule is CC=C(C=C(C)OC)CC. The minimum absolute atomic E-state index is 0.968. The van der Waals surface area contributed by atoms with Gasteiger partial charge >= 0.3 is 0 Å². The van der Waals surface area contributed by atoms with Crippen LogP contribution in [-0.4, -0.2) is 7.11 Å².